The van der Waals surface area contributed by atoms with Gasteiger partial charge in [-0.2, -0.15) is 0 Å². The topological polar surface area (TPSA) is 250 Å². The van der Waals surface area contributed by atoms with Crippen molar-refractivity contribution in [2.75, 3.05) is 19.8 Å². The lowest BCUT2D eigenvalue weighted by atomic mass is 10.1. The Kier molecular flexibility index (Phi) is 16.8. The first-order chi connectivity index (χ1) is 33.2. The molecule has 7 rings (SSSR count). The summed E-state index contributed by atoms with van der Waals surface area (Å²) in [7, 11) is 0. The first-order valence-electron chi connectivity index (χ1n) is 21.6. The predicted octanol–water partition coefficient (Wildman–Crippen LogP) is 3.52. The number of hydrogen-bond acceptors (Lipinski definition) is 20. The first kappa shape index (κ1) is 49.8. The molecule has 0 bridgehead atoms. The van der Waals surface area contributed by atoms with Crippen LogP contribution in [-0.2, 0) is 71.2 Å². The van der Waals surface area contributed by atoms with Crippen molar-refractivity contribution in [1.29, 1.82) is 0 Å². The van der Waals surface area contributed by atoms with E-state index in [2.05, 4.69) is 0 Å². The van der Waals surface area contributed by atoms with Crippen molar-refractivity contribution in [3.63, 3.8) is 0 Å². The third kappa shape index (κ3) is 12.9. The van der Waals surface area contributed by atoms with Gasteiger partial charge in [0.05, 0.1) is 28.9 Å². The third-order valence-electron chi connectivity index (χ3n) is 10.7. The van der Waals surface area contributed by atoms with E-state index in [1.54, 1.807) is 72.8 Å². The van der Waals surface area contributed by atoms with Gasteiger partial charge in [-0.1, -0.05) is 72.8 Å². The van der Waals surface area contributed by atoms with E-state index in [4.69, 9.17) is 56.8 Å². The van der Waals surface area contributed by atoms with E-state index in [1.807, 2.05) is 0 Å². The average Bonchev–Trinajstić information content (AvgIpc) is 3.95. The van der Waals surface area contributed by atoms with Crippen LogP contribution in [0, 0.1) is 0 Å². The number of rotatable bonds is 18. The van der Waals surface area contributed by atoms with E-state index in [1.165, 1.54) is 48.5 Å². The van der Waals surface area contributed by atoms with Gasteiger partial charge in [-0.05, 0) is 48.5 Å². The summed E-state index contributed by atoms with van der Waals surface area (Å²) in [5, 5.41) is 11.2. The van der Waals surface area contributed by atoms with Gasteiger partial charge in [0.25, 0.3) is 0 Å². The molecular formula is C49H48O20. The normalized spacial score (nSPS) is 27.1. The van der Waals surface area contributed by atoms with E-state index in [-0.39, 0.29) is 22.3 Å². The lowest BCUT2D eigenvalue weighted by molar-refractivity contribution is -0.223. The largest absolute Gasteiger partial charge is 0.463 e. The van der Waals surface area contributed by atoms with Gasteiger partial charge >= 0.3 is 41.8 Å². The Morgan fingerprint density at radius 1 is 0.406 bits per heavy atom. The number of aliphatic hydroxyl groups is 1. The summed E-state index contributed by atoms with van der Waals surface area (Å²) in [6.45, 7) is 1.65. The Morgan fingerprint density at radius 2 is 0.783 bits per heavy atom. The number of carbonyl (C=O) groups is 7. The number of carbonyl (C=O) groups excluding carboxylic acids is 7. The second-order valence-electron chi connectivity index (χ2n) is 15.7. The van der Waals surface area contributed by atoms with Crippen LogP contribution in [0.5, 0.6) is 0 Å². The highest BCUT2D eigenvalue weighted by atomic mass is 16.8. The van der Waals surface area contributed by atoms with Gasteiger partial charge in [0.1, 0.15) is 37.6 Å². The minimum Gasteiger partial charge on any atom is -0.463 e. The van der Waals surface area contributed by atoms with Crippen LogP contribution in [0.25, 0.3) is 0 Å². The fraction of sp³-hybridized carbons (Fsp3) is 0.367. The van der Waals surface area contributed by atoms with Crippen molar-refractivity contribution in [2.45, 2.75) is 94.6 Å². The molecule has 12 atom stereocenters. The zero-order valence-electron chi connectivity index (χ0n) is 37.3. The lowest BCUT2D eigenvalue weighted by Crippen LogP contribution is -2.47. The molecule has 3 fully saturated rings. The molecule has 0 amide bonds. The van der Waals surface area contributed by atoms with Crippen LogP contribution in [0.1, 0.15) is 62.2 Å². The van der Waals surface area contributed by atoms with E-state index < -0.39 is 135 Å². The summed E-state index contributed by atoms with van der Waals surface area (Å²) >= 11 is 0. The molecule has 20 heteroatoms. The highest BCUT2D eigenvalue weighted by Gasteiger charge is 2.57. The lowest BCUT2D eigenvalue weighted by Gasteiger charge is -2.29. The zero-order chi connectivity index (χ0) is 49.0. The van der Waals surface area contributed by atoms with E-state index in [9.17, 15) is 38.7 Å². The van der Waals surface area contributed by atoms with Gasteiger partial charge in [0.15, 0.2) is 49.4 Å². The van der Waals surface area contributed by atoms with Crippen LogP contribution < -0.4 is 0 Å². The Labute approximate surface area is 394 Å². The van der Waals surface area contributed by atoms with Gasteiger partial charge in [-0.25, -0.2) is 19.2 Å². The molecular weight excluding hydrogens is 909 g/mol. The average molecular weight is 957 g/mol. The monoisotopic (exact) mass is 956 g/mol. The van der Waals surface area contributed by atoms with Gasteiger partial charge in [0, 0.05) is 20.8 Å². The molecule has 0 aliphatic carbocycles. The highest BCUT2D eigenvalue weighted by Crippen LogP contribution is 2.36. The fourth-order valence-corrected chi connectivity index (χ4v) is 7.60. The molecule has 69 heavy (non-hydrogen) atoms. The van der Waals surface area contributed by atoms with Gasteiger partial charge in [-0.15, -0.1) is 0 Å². The molecule has 0 spiro atoms. The summed E-state index contributed by atoms with van der Waals surface area (Å²) in [4.78, 5) is 90.7. The van der Waals surface area contributed by atoms with E-state index in [0.717, 1.165) is 20.8 Å². The standard InChI is InChI=1S/C49H48O20/c1-27(50)58-24-35-38(61-28(2)51)42(62-29(3)52)49(65-35)69-39-36(25-59-43(53)30-16-8-4-9-17-30)64-48(41(39)68-46(56)33-22-14-7-15-23-33)60-26-34-37(66-44(54)31-18-10-5-11-19-31)40(47(57)63-34)67-45(55)32-20-12-6-13-21-32/h4-23,34-42,47-49,57H,24-26H2,1-3H3/t34-,35-,36-,37-,38-,39-,40+,41+,42+,47+,48+,49-/m1/s1. The Hall–Kier alpha value is -7.07. The second-order valence-corrected chi connectivity index (χ2v) is 15.7. The molecule has 3 heterocycles. The summed E-state index contributed by atoms with van der Waals surface area (Å²) < 4.78 is 70.4. The van der Waals surface area contributed by atoms with Crippen molar-refractivity contribution in [3.05, 3.63) is 144 Å². The molecule has 3 aliphatic rings. The van der Waals surface area contributed by atoms with Crippen LogP contribution in [-0.4, -0.2) is 141 Å². The van der Waals surface area contributed by atoms with Crippen molar-refractivity contribution < 1.29 is 95.5 Å². The molecule has 3 saturated heterocycles. The van der Waals surface area contributed by atoms with Crippen molar-refractivity contribution in [1.82, 2.24) is 0 Å². The number of ether oxygens (including phenoxy) is 12. The minimum atomic E-state index is -1.85. The summed E-state index contributed by atoms with van der Waals surface area (Å²) in [5.74, 6) is -5.77. The van der Waals surface area contributed by atoms with Crippen molar-refractivity contribution in [2.24, 2.45) is 0 Å². The molecule has 20 nitrogen and oxygen atoms in total. The molecule has 364 valence electrons. The number of esters is 7. The maximum absolute atomic E-state index is 13.9. The Bertz CT molecular complexity index is 2400. The van der Waals surface area contributed by atoms with Gasteiger partial charge < -0.3 is 61.9 Å². The highest BCUT2D eigenvalue weighted by molar-refractivity contribution is 5.91. The molecule has 0 unspecified atom stereocenters. The zero-order valence-corrected chi connectivity index (χ0v) is 37.3. The van der Waals surface area contributed by atoms with Crippen molar-refractivity contribution in [3.8, 4) is 0 Å². The summed E-state index contributed by atoms with van der Waals surface area (Å²) in [6.07, 6.45) is -18.4. The van der Waals surface area contributed by atoms with Crippen molar-refractivity contribution >= 4 is 41.8 Å². The maximum Gasteiger partial charge on any atom is 0.338 e. The molecule has 4 aromatic rings. The number of hydrogen-bond donors (Lipinski definition) is 1. The van der Waals surface area contributed by atoms with E-state index in [0.29, 0.717) is 0 Å². The summed E-state index contributed by atoms with van der Waals surface area (Å²) in [6, 6.07) is 31.5. The van der Waals surface area contributed by atoms with Crippen LogP contribution >= 0.6 is 0 Å². The van der Waals surface area contributed by atoms with Crippen LogP contribution in [0.2, 0.25) is 0 Å². The second kappa shape index (κ2) is 23.3. The van der Waals surface area contributed by atoms with Crippen LogP contribution in [0.3, 0.4) is 0 Å². The fourth-order valence-electron chi connectivity index (χ4n) is 7.60. The quantitative estimate of drug-likeness (QED) is 0.111. The molecule has 0 aromatic heterocycles. The molecule has 1 N–H and O–H groups in total. The molecule has 4 aromatic carbocycles. The minimum absolute atomic E-state index is 0.0819. The number of benzene rings is 4. The predicted molar refractivity (Wildman–Crippen MR) is 230 cm³/mol. The molecule has 0 radical (unpaired) electrons. The van der Waals surface area contributed by atoms with Crippen LogP contribution in [0.15, 0.2) is 121 Å². The maximum atomic E-state index is 13.9. The SMILES string of the molecule is CC(=O)OC[C@H]1O[C@H](O[C@H]2[C@H](OC(=O)c3ccccc3)[C@@H](OC[C@H]3O[C@H](O)[C@@H](OC(=O)c4ccccc4)[C@@H]3OC(=O)c3ccccc3)O[C@@H]2COC(=O)c2ccccc2)[C@@H](OC(C)=O)[C@@H]1OC(C)=O. The smallest absolute Gasteiger partial charge is 0.338 e. The Balaban J connectivity index is 1.21. The Morgan fingerprint density at radius 3 is 1.28 bits per heavy atom. The molecule has 0 saturated carbocycles. The van der Waals surface area contributed by atoms with E-state index >= 15 is 0 Å². The number of aliphatic hydroxyl groups excluding tert-OH is 1. The third-order valence-corrected chi connectivity index (χ3v) is 10.7. The summed E-state index contributed by atoms with van der Waals surface area (Å²) in [5.41, 5.74) is 0.510. The first-order valence-corrected chi connectivity index (χ1v) is 21.6. The van der Waals surface area contributed by atoms with Gasteiger partial charge in [0.2, 0.25) is 0 Å². The van der Waals surface area contributed by atoms with Crippen LogP contribution in [0.4, 0.5) is 0 Å². The molecule has 3 aliphatic heterocycles. The van der Waals surface area contributed by atoms with Gasteiger partial charge in [-0.3, -0.25) is 14.4 Å².